The van der Waals surface area contributed by atoms with Gasteiger partial charge >= 0.3 is 6.61 Å². The maximum absolute atomic E-state index is 13.2. The number of aryl methyl sites for hydroxylation is 2. The maximum atomic E-state index is 13.2. The normalized spacial score (nSPS) is 20.5. The first-order chi connectivity index (χ1) is 23.5. The van der Waals surface area contributed by atoms with E-state index in [4.69, 9.17) is 5.10 Å². The summed E-state index contributed by atoms with van der Waals surface area (Å²) in [6.07, 6.45) is 5.77. The molecule has 2 amide bonds. The second-order valence-corrected chi connectivity index (χ2v) is 15.0. The minimum Gasteiger partial charge on any atom is -0.432 e. The van der Waals surface area contributed by atoms with Crippen LogP contribution < -0.4 is 20.3 Å². The highest BCUT2D eigenvalue weighted by Gasteiger charge is 2.32. The van der Waals surface area contributed by atoms with Crippen LogP contribution in [0, 0.1) is 6.92 Å². The zero-order valence-electron chi connectivity index (χ0n) is 27.8. The summed E-state index contributed by atoms with van der Waals surface area (Å²) in [5.74, 6) is -0.737. The Morgan fingerprint density at radius 3 is 2.51 bits per heavy atom. The molecule has 2 N–H and O–H groups in total. The Balaban J connectivity index is 0.976. The molecule has 0 radical (unpaired) electrons. The minimum absolute atomic E-state index is 0.0250. The number of alkyl halides is 2. The molecule has 266 valence electrons. The summed E-state index contributed by atoms with van der Waals surface area (Å²) < 4.78 is 58.6. The van der Waals surface area contributed by atoms with Gasteiger partial charge in [0.15, 0.2) is 5.75 Å². The lowest BCUT2D eigenvalue weighted by Crippen LogP contribution is -2.43. The molecule has 3 aliphatic heterocycles. The molecule has 2 aromatic heterocycles. The average molecular weight is 704 g/mol. The summed E-state index contributed by atoms with van der Waals surface area (Å²) >= 11 is 0. The number of carbonyl (C=O) groups is 2. The molecule has 14 nitrogen and oxygen atoms in total. The molecule has 3 fully saturated rings. The number of piperidine rings is 2. The standard InChI is InChI=1S/C32H43F2N9O5S/c1-21-17-25-27(40(2)39-29(25)24-5-6-28(44)38-30(24)45)18-26(21)42-11-3-9-41(14-15-42)10-4-16-49(46,47)43-12-7-22(8-13-43)37-32-35-19-23(20-36-32)48-31(33)34/h17-20,22,24,31H,3-16H2,1-2H3,(H,35,36,37)(H,38,44,45). The molecule has 0 spiro atoms. The van der Waals surface area contributed by atoms with E-state index >= 15 is 0 Å². The predicted molar refractivity (Wildman–Crippen MR) is 179 cm³/mol. The Morgan fingerprint density at radius 2 is 1.80 bits per heavy atom. The number of aromatic nitrogens is 4. The maximum Gasteiger partial charge on any atom is 0.387 e. The summed E-state index contributed by atoms with van der Waals surface area (Å²) in [6.45, 7) is 3.99. The van der Waals surface area contributed by atoms with Gasteiger partial charge in [-0.3, -0.25) is 19.6 Å². The topological polar surface area (TPSA) is 155 Å². The average Bonchev–Trinajstić information content (AvgIpc) is 3.20. The van der Waals surface area contributed by atoms with E-state index in [2.05, 4.69) is 54.2 Å². The van der Waals surface area contributed by atoms with Crippen LogP contribution in [0.5, 0.6) is 5.75 Å². The number of hydrogen-bond donors (Lipinski definition) is 2. The Labute approximate surface area is 284 Å². The fourth-order valence-electron chi connectivity index (χ4n) is 7.03. The van der Waals surface area contributed by atoms with Gasteiger partial charge in [0.25, 0.3) is 0 Å². The van der Waals surface area contributed by atoms with Crippen molar-refractivity contribution in [3.63, 3.8) is 0 Å². The van der Waals surface area contributed by atoms with Gasteiger partial charge in [0.05, 0.1) is 35.3 Å². The highest BCUT2D eigenvalue weighted by Crippen LogP contribution is 2.34. The smallest absolute Gasteiger partial charge is 0.387 e. The van der Waals surface area contributed by atoms with Gasteiger partial charge in [-0.25, -0.2) is 22.7 Å². The number of hydrogen-bond acceptors (Lipinski definition) is 11. The number of imide groups is 1. The first-order valence-corrected chi connectivity index (χ1v) is 18.4. The van der Waals surface area contributed by atoms with Crippen LogP contribution in [0.25, 0.3) is 10.9 Å². The highest BCUT2D eigenvalue weighted by atomic mass is 32.2. The van der Waals surface area contributed by atoms with E-state index in [1.807, 2.05) is 11.7 Å². The number of halogens is 2. The number of nitrogens with zero attached hydrogens (tertiary/aromatic N) is 7. The number of sulfonamides is 1. The quantitative estimate of drug-likeness (QED) is 0.283. The van der Waals surface area contributed by atoms with Crippen molar-refractivity contribution in [2.24, 2.45) is 7.05 Å². The Kier molecular flexibility index (Phi) is 10.6. The van der Waals surface area contributed by atoms with E-state index in [0.29, 0.717) is 57.4 Å². The van der Waals surface area contributed by atoms with Gasteiger partial charge in [-0.2, -0.15) is 13.9 Å². The zero-order chi connectivity index (χ0) is 34.7. The molecular weight excluding hydrogens is 660 g/mol. The first kappa shape index (κ1) is 34.9. The van der Waals surface area contributed by atoms with Gasteiger partial charge in [-0.1, -0.05) is 0 Å². The lowest BCUT2D eigenvalue weighted by atomic mass is 9.92. The van der Waals surface area contributed by atoms with Gasteiger partial charge in [-0.05, 0) is 69.8 Å². The fourth-order valence-corrected chi connectivity index (χ4v) is 8.55. The van der Waals surface area contributed by atoms with Crippen LogP contribution in [0.15, 0.2) is 24.5 Å². The molecular formula is C32H43F2N9O5S. The number of fused-ring (bicyclic) bond motifs is 1. The third kappa shape index (κ3) is 8.27. The Hall–Kier alpha value is -3.96. The number of carbonyl (C=O) groups excluding carboxylic acids is 2. The van der Waals surface area contributed by atoms with Gasteiger partial charge < -0.3 is 19.9 Å². The molecule has 1 atom stereocenters. The first-order valence-electron chi connectivity index (χ1n) is 16.8. The molecule has 1 unspecified atom stereocenters. The largest absolute Gasteiger partial charge is 0.432 e. The minimum atomic E-state index is -3.40. The fraction of sp³-hybridized carbons (Fsp3) is 0.594. The van der Waals surface area contributed by atoms with Crippen molar-refractivity contribution in [3.05, 3.63) is 35.8 Å². The van der Waals surface area contributed by atoms with E-state index < -0.39 is 22.6 Å². The molecule has 0 aliphatic carbocycles. The molecule has 0 bridgehead atoms. The SMILES string of the molecule is Cc1cc2c(C3CCC(=O)NC3=O)nn(C)c2cc1N1CCCN(CCCS(=O)(=O)N2CCC(Nc3ncc(OC(F)F)cn3)CC2)CC1. The number of amides is 2. The third-order valence-electron chi connectivity index (χ3n) is 9.61. The number of nitrogens with one attached hydrogen (secondary N) is 2. The summed E-state index contributed by atoms with van der Waals surface area (Å²) in [6, 6.07) is 4.22. The number of benzene rings is 1. The van der Waals surface area contributed by atoms with Crippen molar-refractivity contribution in [1.82, 2.24) is 34.3 Å². The van der Waals surface area contributed by atoms with Crippen molar-refractivity contribution in [3.8, 4) is 5.75 Å². The number of anilines is 2. The molecule has 1 aromatic carbocycles. The summed E-state index contributed by atoms with van der Waals surface area (Å²) in [7, 11) is -1.53. The molecule has 17 heteroatoms. The van der Waals surface area contributed by atoms with Crippen molar-refractivity contribution in [1.29, 1.82) is 0 Å². The summed E-state index contributed by atoms with van der Waals surface area (Å²) in [4.78, 5) is 37.0. The number of ether oxygens (including phenoxy) is 1. The molecule has 3 saturated heterocycles. The Bertz CT molecular complexity index is 1760. The monoisotopic (exact) mass is 703 g/mol. The lowest BCUT2D eigenvalue weighted by Gasteiger charge is -2.31. The van der Waals surface area contributed by atoms with Crippen LogP contribution in [0.3, 0.4) is 0 Å². The van der Waals surface area contributed by atoms with Crippen LogP contribution in [-0.4, -0.2) is 113 Å². The molecule has 0 saturated carbocycles. The van der Waals surface area contributed by atoms with Gasteiger partial charge in [0, 0.05) is 63.3 Å². The second-order valence-electron chi connectivity index (χ2n) is 13.0. The van der Waals surface area contributed by atoms with Crippen molar-refractivity contribution in [2.45, 2.75) is 64.0 Å². The van der Waals surface area contributed by atoms with E-state index in [9.17, 15) is 26.8 Å². The van der Waals surface area contributed by atoms with Gasteiger partial charge in [-0.15, -0.1) is 0 Å². The van der Waals surface area contributed by atoms with Crippen molar-refractivity contribution < 1.29 is 31.5 Å². The molecule has 5 heterocycles. The van der Waals surface area contributed by atoms with E-state index in [0.717, 1.165) is 54.8 Å². The van der Waals surface area contributed by atoms with E-state index in [1.54, 1.807) is 4.31 Å². The third-order valence-corrected chi connectivity index (χ3v) is 11.6. The summed E-state index contributed by atoms with van der Waals surface area (Å²) in [5, 5.41) is 11.2. The van der Waals surface area contributed by atoms with Gasteiger partial charge in [0.2, 0.25) is 27.8 Å². The second kappa shape index (κ2) is 14.9. The molecule has 49 heavy (non-hydrogen) atoms. The predicted octanol–water partition coefficient (Wildman–Crippen LogP) is 2.60. The summed E-state index contributed by atoms with van der Waals surface area (Å²) in [5.41, 5.74) is 3.86. The van der Waals surface area contributed by atoms with Crippen LogP contribution in [0.1, 0.15) is 55.7 Å². The van der Waals surface area contributed by atoms with Crippen LogP contribution in [0.4, 0.5) is 20.4 Å². The van der Waals surface area contributed by atoms with Crippen LogP contribution in [-0.2, 0) is 26.7 Å². The molecule has 3 aliphatic rings. The van der Waals surface area contributed by atoms with Gasteiger partial charge in [0.1, 0.15) is 0 Å². The lowest BCUT2D eigenvalue weighted by molar-refractivity contribution is -0.134. The number of rotatable bonds is 11. The van der Waals surface area contributed by atoms with Crippen LogP contribution in [0.2, 0.25) is 0 Å². The van der Waals surface area contributed by atoms with Crippen molar-refractivity contribution in [2.75, 3.05) is 61.8 Å². The zero-order valence-corrected chi connectivity index (χ0v) is 28.6. The molecule has 3 aromatic rings. The Morgan fingerprint density at radius 1 is 1.04 bits per heavy atom. The molecule has 6 rings (SSSR count). The van der Waals surface area contributed by atoms with E-state index in [1.165, 1.54) is 12.4 Å². The van der Waals surface area contributed by atoms with E-state index in [-0.39, 0.29) is 35.3 Å². The van der Waals surface area contributed by atoms with Crippen LogP contribution >= 0.6 is 0 Å². The highest BCUT2D eigenvalue weighted by molar-refractivity contribution is 7.89. The van der Waals surface area contributed by atoms with Crippen molar-refractivity contribution >= 4 is 44.4 Å².